The summed E-state index contributed by atoms with van der Waals surface area (Å²) in [7, 11) is -2.24. The number of anilines is 1. The van der Waals surface area contributed by atoms with Gasteiger partial charge in [0.25, 0.3) is 0 Å². The minimum Gasteiger partial charge on any atom is -0.489 e. The third kappa shape index (κ3) is 6.87. The van der Waals surface area contributed by atoms with E-state index in [2.05, 4.69) is 5.43 Å². The first-order chi connectivity index (χ1) is 16.7. The van der Waals surface area contributed by atoms with E-state index in [9.17, 15) is 27.5 Å². The van der Waals surface area contributed by atoms with Gasteiger partial charge in [0.2, 0.25) is 6.41 Å². The van der Waals surface area contributed by atoms with Gasteiger partial charge >= 0.3 is 5.97 Å². The van der Waals surface area contributed by atoms with E-state index in [0.29, 0.717) is 23.4 Å². The Labute approximate surface area is 202 Å². The molecule has 0 aromatic heterocycles. The smallest absolute Gasteiger partial charge is 0.303 e. The van der Waals surface area contributed by atoms with Gasteiger partial charge in [0.15, 0.2) is 9.84 Å². The van der Waals surface area contributed by atoms with Gasteiger partial charge in [-0.1, -0.05) is 30.3 Å². The number of carboxylic acid groups (broad SMARTS) is 1. The molecule has 1 atom stereocenters. The van der Waals surface area contributed by atoms with Crippen LogP contribution >= 0.6 is 0 Å². The van der Waals surface area contributed by atoms with Crippen LogP contribution in [0.15, 0.2) is 77.7 Å². The lowest BCUT2D eigenvalue weighted by molar-refractivity contribution is -0.137. The first-order valence-electron chi connectivity index (χ1n) is 10.7. The number of nitrogens with zero attached hydrogens (tertiary/aromatic N) is 1. The van der Waals surface area contributed by atoms with Crippen molar-refractivity contribution in [2.24, 2.45) is 0 Å². The Hall–Kier alpha value is -3.76. The molecule has 3 aromatic rings. The molecule has 0 bridgehead atoms. The van der Waals surface area contributed by atoms with Crippen LogP contribution in [-0.2, 0) is 26.0 Å². The minimum atomic E-state index is -3.79. The van der Waals surface area contributed by atoms with Crippen LogP contribution < -0.4 is 15.2 Å². The maximum Gasteiger partial charge on any atom is 0.303 e. The molecule has 0 fully saturated rings. The zero-order chi connectivity index (χ0) is 25.4. The molecular formula is C25H25FN2O6S. The van der Waals surface area contributed by atoms with Crippen molar-refractivity contribution in [3.63, 3.8) is 0 Å². The maximum atomic E-state index is 14.2. The van der Waals surface area contributed by atoms with E-state index < -0.39 is 27.5 Å². The molecule has 0 aliphatic heterocycles. The number of hydrazine groups is 1. The predicted octanol–water partition coefficient (Wildman–Crippen LogP) is 3.53. The highest BCUT2D eigenvalue weighted by atomic mass is 32.2. The molecule has 0 aliphatic rings. The fourth-order valence-corrected chi connectivity index (χ4v) is 5.12. The van der Waals surface area contributed by atoms with E-state index in [0.717, 1.165) is 0 Å². The Morgan fingerprint density at radius 3 is 2.40 bits per heavy atom. The molecule has 0 aliphatic carbocycles. The number of sulfone groups is 1. The molecule has 1 unspecified atom stereocenters. The van der Waals surface area contributed by atoms with Crippen molar-refractivity contribution in [3.05, 3.63) is 89.7 Å². The number of nitrogens with one attached hydrogen (secondary N) is 1. The number of halogens is 1. The van der Waals surface area contributed by atoms with Gasteiger partial charge in [0, 0.05) is 18.5 Å². The van der Waals surface area contributed by atoms with Crippen LogP contribution in [0, 0.1) is 5.82 Å². The summed E-state index contributed by atoms with van der Waals surface area (Å²) in [4.78, 5) is 22.4. The molecule has 184 valence electrons. The second kappa shape index (κ2) is 11.6. The topological polar surface area (TPSA) is 113 Å². The molecule has 8 nitrogen and oxygen atoms in total. The number of carbonyl (C=O) groups excluding carboxylic acids is 1. The molecule has 0 saturated carbocycles. The molecule has 3 aromatic carbocycles. The van der Waals surface area contributed by atoms with Crippen molar-refractivity contribution in [1.82, 2.24) is 5.43 Å². The number of ether oxygens (including phenoxy) is 1. The van der Waals surface area contributed by atoms with Gasteiger partial charge in [0.05, 0.1) is 22.8 Å². The number of hydrogen-bond donors (Lipinski definition) is 2. The second-order valence-electron chi connectivity index (χ2n) is 7.72. The van der Waals surface area contributed by atoms with Crippen LogP contribution in [0.3, 0.4) is 0 Å². The Morgan fingerprint density at radius 1 is 1.11 bits per heavy atom. The summed E-state index contributed by atoms with van der Waals surface area (Å²) >= 11 is 0. The highest BCUT2D eigenvalue weighted by molar-refractivity contribution is 7.91. The molecule has 0 spiro atoms. The summed E-state index contributed by atoms with van der Waals surface area (Å²) in [5, 5.41) is 10.4. The van der Waals surface area contributed by atoms with Gasteiger partial charge < -0.3 is 9.84 Å². The minimum absolute atomic E-state index is 0.0278. The van der Waals surface area contributed by atoms with Gasteiger partial charge in [0.1, 0.15) is 18.2 Å². The van der Waals surface area contributed by atoms with E-state index in [1.807, 2.05) is 0 Å². The standard InChI is InChI=1S/C25H25FN2O6S/c1-27-28(17-29)21-7-12-24(26)19(13-21)15-34-22-8-10-23(11-9-22)35(32,33)16-20(14-25(30)31)18-5-3-2-4-6-18/h2-13,17,20,27H,14-16H2,1H3,(H,30,31). The first kappa shape index (κ1) is 25.9. The molecule has 3 rings (SSSR count). The van der Waals surface area contributed by atoms with Crippen LogP contribution in [0.25, 0.3) is 0 Å². The number of rotatable bonds is 12. The van der Waals surface area contributed by atoms with Gasteiger partial charge in [-0.2, -0.15) is 0 Å². The van der Waals surface area contributed by atoms with Crippen LogP contribution in [0.5, 0.6) is 5.75 Å². The molecule has 10 heteroatoms. The van der Waals surface area contributed by atoms with E-state index >= 15 is 0 Å². The summed E-state index contributed by atoms with van der Waals surface area (Å²) in [5.74, 6) is -2.34. The van der Waals surface area contributed by atoms with Crippen LogP contribution in [0.1, 0.15) is 23.5 Å². The second-order valence-corrected chi connectivity index (χ2v) is 9.76. The Bertz CT molecular complexity index is 1270. The van der Waals surface area contributed by atoms with E-state index in [4.69, 9.17) is 4.74 Å². The Morgan fingerprint density at radius 2 is 1.80 bits per heavy atom. The molecule has 1 amide bonds. The predicted molar refractivity (Wildman–Crippen MR) is 128 cm³/mol. The molecule has 2 N–H and O–H groups in total. The van der Waals surface area contributed by atoms with Gasteiger partial charge in [-0.05, 0) is 48.0 Å². The van der Waals surface area contributed by atoms with Crippen molar-refractivity contribution < 1.29 is 32.2 Å². The van der Waals surface area contributed by atoms with Gasteiger partial charge in [-0.3, -0.25) is 9.59 Å². The average Bonchev–Trinajstić information content (AvgIpc) is 2.85. The number of amides is 1. The van der Waals surface area contributed by atoms with Crippen LogP contribution in [0.4, 0.5) is 10.1 Å². The lowest BCUT2D eigenvalue weighted by Crippen LogP contribution is -2.33. The third-order valence-corrected chi connectivity index (χ3v) is 7.18. The molecule has 0 heterocycles. The summed E-state index contributed by atoms with van der Waals surface area (Å²) in [6.45, 7) is -0.142. The first-order valence-corrected chi connectivity index (χ1v) is 12.3. The lowest BCUT2D eigenvalue weighted by Gasteiger charge is -2.17. The zero-order valence-corrected chi connectivity index (χ0v) is 19.7. The number of aliphatic carboxylic acids is 1. The quantitative estimate of drug-likeness (QED) is 0.289. The Balaban J connectivity index is 1.72. The van der Waals surface area contributed by atoms with Crippen molar-refractivity contribution >= 4 is 27.9 Å². The molecule has 0 radical (unpaired) electrons. The summed E-state index contributed by atoms with van der Waals surface area (Å²) in [5.41, 5.74) is 3.93. The summed E-state index contributed by atoms with van der Waals surface area (Å²) in [6.07, 6.45) is 0.236. The van der Waals surface area contributed by atoms with Crippen molar-refractivity contribution in [3.8, 4) is 5.75 Å². The average molecular weight is 501 g/mol. The van der Waals surface area contributed by atoms with E-state index in [1.54, 1.807) is 37.4 Å². The summed E-state index contributed by atoms with van der Waals surface area (Å²) in [6, 6.07) is 18.4. The van der Waals surface area contributed by atoms with Crippen molar-refractivity contribution in [2.75, 3.05) is 17.8 Å². The van der Waals surface area contributed by atoms with Crippen LogP contribution in [-0.4, -0.2) is 38.7 Å². The largest absolute Gasteiger partial charge is 0.489 e. The van der Waals surface area contributed by atoms with Gasteiger partial charge in [-0.25, -0.2) is 23.2 Å². The number of carboxylic acids is 1. The van der Waals surface area contributed by atoms with Crippen LogP contribution in [0.2, 0.25) is 0 Å². The normalized spacial score (nSPS) is 12.1. The monoisotopic (exact) mass is 500 g/mol. The lowest BCUT2D eigenvalue weighted by atomic mass is 9.98. The summed E-state index contributed by atoms with van der Waals surface area (Å²) < 4.78 is 45.7. The fraction of sp³-hybridized carbons (Fsp3) is 0.200. The Kier molecular flexibility index (Phi) is 8.56. The fourth-order valence-electron chi connectivity index (χ4n) is 3.54. The maximum absolute atomic E-state index is 14.2. The highest BCUT2D eigenvalue weighted by Crippen LogP contribution is 2.26. The van der Waals surface area contributed by atoms with Gasteiger partial charge in [-0.15, -0.1) is 0 Å². The van der Waals surface area contributed by atoms with Crippen molar-refractivity contribution in [2.45, 2.75) is 23.8 Å². The number of hydrogen-bond acceptors (Lipinski definition) is 6. The van der Waals surface area contributed by atoms with E-state index in [1.165, 1.54) is 47.5 Å². The number of carbonyl (C=O) groups is 2. The molecule has 0 saturated heterocycles. The molecule has 35 heavy (non-hydrogen) atoms. The SMILES string of the molecule is CNN(C=O)c1ccc(F)c(COc2ccc(S(=O)(=O)CC(CC(=O)O)c3ccccc3)cc2)c1. The van der Waals surface area contributed by atoms with E-state index in [-0.39, 0.29) is 29.2 Å². The van der Waals surface area contributed by atoms with Crippen molar-refractivity contribution in [1.29, 1.82) is 0 Å². The third-order valence-electron chi connectivity index (χ3n) is 5.34. The molecular weight excluding hydrogens is 475 g/mol. The number of benzene rings is 3. The highest BCUT2D eigenvalue weighted by Gasteiger charge is 2.25. The zero-order valence-electron chi connectivity index (χ0n) is 18.9.